The minimum Gasteiger partial charge on any atom is -0.419 e. The molecule has 0 amide bonds. The number of hydrogen-bond acceptors (Lipinski definition) is 6. The van der Waals surface area contributed by atoms with Gasteiger partial charge in [-0.05, 0) is 26.0 Å². The summed E-state index contributed by atoms with van der Waals surface area (Å²) in [6, 6.07) is 8.20. The highest BCUT2D eigenvalue weighted by Crippen LogP contribution is 2.25. The summed E-state index contributed by atoms with van der Waals surface area (Å²) in [5.41, 5.74) is 2.14. The van der Waals surface area contributed by atoms with Crippen molar-refractivity contribution in [1.82, 2.24) is 20.0 Å². The molecule has 0 radical (unpaired) electrons. The predicted octanol–water partition coefficient (Wildman–Crippen LogP) is 1.72. The lowest BCUT2D eigenvalue weighted by Crippen LogP contribution is -2.47. The number of aliphatic hydroxyl groups is 1. The molecule has 6 nitrogen and oxygen atoms in total. The highest BCUT2D eigenvalue weighted by Gasteiger charge is 2.25. The third-order valence-corrected chi connectivity index (χ3v) is 4.43. The second-order valence-corrected chi connectivity index (χ2v) is 6.09. The molecule has 0 aliphatic carbocycles. The first kappa shape index (κ1) is 16.1. The smallest absolute Gasteiger partial charge is 0.247 e. The Kier molecular flexibility index (Phi) is 5.05. The number of β-amino-alcohol motifs (C(OH)–C–C–N with tert-alkyl or cyclic N) is 1. The molecular weight excluding hydrogens is 292 g/mol. The van der Waals surface area contributed by atoms with E-state index >= 15 is 0 Å². The van der Waals surface area contributed by atoms with Crippen LogP contribution in [0, 0.1) is 6.92 Å². The summed E-state index contributed by atoms with van der Waals surface area (Å²) in [4.78, 5) is 4.62. The Morgan fingerprint density at radius 1 is 1.22 bits per heavy atom. The van der Waals surface area contributed by atoms with E-state index in [1.165, 1.54) is 5.56 Å². The Morgan fingerprint density at radius 2 is 2.00 bits per heavy atom. The fourth-order valence-electron chi connectivity index (χ4n) is 2.97. The van der Waals surface area contributed by atoms with E-state index in [1.54, 1.807) is 0 Å². The van der Waals surface area contributed by atoms with Crippen molar-refractivity contribution in [3.05, 3.63) is 35.7 Å². The van der Waals surface area contributed by atoms with Gasteiger partial charge >= 0.3 is 0 Å². The zero-order chi connectivity index (χ0) is 16.2. The van der Waals surface area contributed by atoms with Gasteiger partial charge in [-0.1, -0.05) is 17.7 Å². The lowest BCUT2D eigenvalue weighted by Gasteiger charge is -2.36. The number of piperazine rings is 1. The third-order valence-electron chi connectivity index (χ3n) is 4.43. The van der Waals surface area contributed by atoms with Gasteiger partial charge in [0.2, 0.25) is 11.8 Å². The molecule has 2 aromatic rings. The monoisotopic (exact) mass is 316 g/mol. The summed E-state index contributed by atoms with van der Waals surface area (Å²) >= 11 is 0. The number of nitrogens with zero attached hydrogens (tertiary/aromatic N) is 4. The van der Waals surface area contributed by atoms with Crippen LogP contribution in [0.3, 0.4) is 0 Å². The van der Waals surface area contributed by atoms with Gasteiger partial charge in [-0.2, -0.15) is 0 Å². The zero-order valence-corrected chi connectivity index (χ0v) is 13.8. The van der Waals surface area contributed by atoms with Crippen molar-refractivity contribution in [3.63, 3.8) is 0 Å². The molecule has 1 unspecified atom stereocenters. The molecule has 1 atom stereocenters. The van der Waals surface area contributed by atoms with Crippen molar-refractivity contribution in [2.75, 3.05) is 39.3 Å². The van der Waals surface area contributed by atoms with E-state index in [4.69, 9.17) is 9.52 Å². The van der Waals surface area contributed by atoms with Gasteiger partial charge in [-0.3, -0.25) is 9.80 Å². The van der Waals surface area contributed by atoms with Gasteiger partial charge in [0.15, 0.2) is 0 Å². The van der Waals surface area contributed by atoms with Crippen molar-refractivity contribution in [3.8, 4) is 11.5 Å². The molecule has 6 heteroatoms. The van der Waals surface area contributed by atoms with E-state index in [0.717, 1.165) is 38.3 Å². The standard InChI is InChI=1S/C17H24N4O2/c1-13-4-3-5-15(12-13)17-19-18-16(23-17)14(2)21-8-6-20(7-9-21)10-11-22/h3-5,12,14,22H,6-11H2,1-2H3. The summed E-state index contributed by atoms with van der Waals surface area (Å²) in [6.45, 7) is 8.95. The van der Waals surface area contributed by atoms with Gasteiger partial charge in [-0.25, -0.2) is 0 Å². The SMILES string of the molecule is Cc1cccc(-c2nnc(C(C)N3CCN(CCO)CC3)o2)c1. The topological polar surface area (TPSA) is 65.6 Å². The van der Waals surface area contributed by atoms with E-state index in [2.05, 4.69) is 46.0 Å². The van der Waals surface area contributed by atoms with Crippen LogP contribution < -0.4 is 0 Å². The summed E-state index contributed by atoms with van der Waals surface area (Å²) in [6.07, 6.45) is 0. The number of benzene rings is 1. The average molecular weight is 316 g/mol. The molecule has 2 heterocycles. The Labute approximate surface area is 136 Å². The van der Waals surface area contributed by atoms with Crippen molar-refractivity contribution >= 4 is 0 Å². The zero-order valence-electron chi connectivity index (χ0n) is 13.8. The van der Waals surface area contributed by atoms with Gasteiger partial charge in [0, 0.05) is 38.3 Å². The normalized spacial score (nSPS) is 18.2. The highest BCUT2D eigenvalue weighted by atomic mass is 16.4. The van der Waals surface area contributed by atoms with Crippen molar-refractivity contribution < 1.29 is 9.52 Å². The van der Waals surface area contributed by atoms with Crippen LogP contribution in [0.15, 0.2) is 28.7 Å². The van der Waals surface area contributed by atoms with Crippen LogP contribution in [0.5, 0.6) is 0 Å². The van der Waals surface area contributed by atoms with E-state index in [9.17, 15) is 0 Å². The molecule has 0 saturated carbocycles. The van der Waals surface area contributed by atoms with E-state index in [-0.39, 0.29) is 12.6 Å². The molecule has 1 aromatic heterocycles. The molecule has 1 aliphatic heterocycles. The first-order valence-electron chi connectivity index (χ1n) is 8.15. The lowest BCUT2D eigenvalue weighted by atomic mass is 10.1. The Morgan fingerprint density at radius 3 is 2.70 bits per heavy atom. The quantitative estimate of drug-likeness (QED) is 0.906. The van der Waals surface area contributed by atoms with Crippen LogP contribution in [0.4, 0.5) is 0 Å². The number of aryl methyl sites for hydroxylation is 1. The molecule has 1 N–H and O–H groups in total. The molecule has 1 saturated heterocycles. The first-order chi connectivity index (χ1) is 11.2. The summed E-state index contributed by atoms with van der Waals surface area (Å²) in [5.74, 6) is 1.24. The van der Waals surface area contributed by atoms with Crippen LogP contribution in [0.25, 0.3) is 11.5 Å². The maximum Gasteiger partial charge on any atom is 0.247 e. The van der Waals surface area contributed by atoms with Crippen LogP contribution in [0.1, 0.15) is 24.4 Å². The molecule has 124 valence electrons. The molecule has 0 spiro atoms. The predicted molar refractivity (Wildman–Crippen MR) is 88.0 cm³/mol. The van der Waals surface area contributed by atoms with Crippen molar-refractivity contribution in [2.24, 2.45) is 0 Å². The minimum absolute atomic E-state index is 0.109. The fraction of sp³-hybridized carbons (Fsp3) is 0.529. The Hall–Kier alpha value is -1.76. The molecular formula is C17H24N4O2. The first-order valence-corrected chi connectivity index (χ1v) is 8.15. The Bertz CT molecular complexity index is 635. The molecule has 1 aromatic carbocycles. The van der Waals surface area contributed by atoms with Crippen LogP contribution in [-0.4, -0.2) is 64.4 Å². The molecule has 1 fully saturated rings. The van der Waals surface area contributed by atoms with Gasteiger partial charge in [0.1, 0.15) is 0 Å². The highest BCUT2D eigenvalue weighted by molar-refractivity contribution is 5.53. The number of hydrogen-bond donors (Lipinski definition) is 1. The molecule has 1 aliphatic rings. The fourth-order valence-corrected chi connectivity index (χ4v) is 2.97. The van der Waals surface area contributed by atoms with Gasteiger partial charge in [-0.15, -0.1) is 10.2 Å². The summed E-state index contributed by atoms with van der Waals surface area (Å²) in [5, 5.41) is 17.5. The second kappa shape index (κ2) is 7.21. The van der Waals surface area contributed by atoms with Crippen molar-refractivity contribution in [1.29, 1.82) is 0 Å². The average Bonchev–Trinajstić information content (AvgIpc) is 3.05. The number of rotatable bonds is 5. The molecule has 3 rings (SSSR count). The van der Waals surface area contributed by atoms with Gasteiger partial charge < -0.3 is 9.52 Å². The number of aliphatic hydroxyl groups excluding tert-OH is 1. The summed E-state index contributed by atoms with van der Waals surface area (Å²) < 4.78 is 5.90. The third kappa shape index (κ3) is 3.77. The second-order valence-electron chi connectivity index (χ2n) is 6.09. The molecule has 0 bridgehead atoms. The Balaban J connectivity index is 1.66. The maximum atomic E-state index is 9.01. The van der Waals surface area contributed by atoms with E-state index in [1.807, 2.05) is 12.1 Å². The van der Waals surface area contributed by atoms with Gasteiger partial charge in [0.05, 0.1) is 12.6 Å². The van der Waals surface area contributed by atoms with Gasteiger partial charge in [0.25, 0.3) is 0 Å². The van der Waals surface area contributed by atoms with E-state index in [0.29, 0.717) is 11.8 Å². The maximum absolute atomic E-state index is 9.01. The largest absolute Gasteiger partial charge is 0.419 e. The lowest BCUT2D eigenvalue weighted by molar-refractivity contribution is 0.0802. The van der Waals surface area contributed by atoms with Crippen LogP contribution in [0.2, 0.25) is 0 Å². The number of aromatic nitrogens is 2. The summed E-state index contributed by atoms with van der Waals surface area (Å²) in [7, 11) is 0. The van der Waals surface area contributed by atoms with E-state index < -0.39 is 0 Å². The van der Waals surface area contributed by atoms with Crippen LogP contribution in [-0.2, 0) is 0 Å². The molecule has 23 heavy (non-hydrogen) atoms. The van der Waals surface area contributed by atoms with Crippen molar-refractivity contribution in [2.45, 2.75) is 19.9 Å². The minimum atomic E-state index is 0.109. The van der Waals surface area contributed by atoms with Crippen LogP contribution >= 0.6 is 0 Å².